The normalized spacial score (nSPS) is 10.5. The zero-order valence-corrected chi connectivity index (χ0v) is 14.7. The smallest absolute Gasteiger partial charge is 0.321 e. The highest BCUT2D eigenvalue weighted by molar-refractivity contribution is 6.04. The second-order valence-electron chi connectivity index (χ2n) is 6.06. The third kappa shape index (κ3) is 4.14. The van der Waals surface area contributed by atoms with Gasteiger partial charge in [-0.15, -0.1) is 0 Å². The fourth-order valence-electron chi connectivity index (χ4n) is 2.57. The Morgan fingerprint density at radius 3 is 2.63 bits per heavy atom. The maximum Gasteiger partial charge on any atom is 0.346 e. The molecule has 0 radical (unpaired) electrons. The first kappa shape index (κ1) is 18.2. The molecule has 1 aromatic heterocycles. The zero-order chi connectivity index (χ0) is 19.6. The van der Waals surface area contributed by atoms with Crippen LogP contribution in [0, 0.1) is 12.7 Å². The molecule has 0 spiro atoms. The van der Waals surface area contributed by atoms with Gasteiger partial charge in [0.1, 0.15) is 11.5 Å². The van der Waals surface area contributed by atoms with Crippen LogP contribution in [-0.2, 0) is 0 Å². The van der Waals surface area contributed by atoms with Crippen molar-refractivity contribution in [2.75, 3.05) is 5.32 Å². The van der Waals surface area contributed by atoms with E-state index in [1.807, 2.05) is 0 Å². The lowest BCUT2D eigenvalue weighted by Gasteiger charge is -2.08. The molecular formula is C20H16FN3O3. The van der Waals surface area contributed by atoms with Crippen LogP contribution in [0.4, 0.5) is 10.1 Å². The van der Waals surface area contributed by atoms with Gasteiger partial charge < -0.3 is 10.3 Å². The number of hydrogen-bond acceptors (Lipinski definition) is 4. The Morgan fingerprint density at radius 2 is 1.89 bits per heavy atom. The van der Waals surface area contributed by atoms with E-state index in [1.54, 1.807) is 37.3 Å². The van der Waals surface area contributed by atoms with Crippen LogP contribution >= 0.6 is 0 Å². The average Bonchev–Trinajstić information content (AvgIpc) is 2.63. The summed E-state index contributed by atoms with van der Waals surface area (Å²) in [6.07, 6.45) is 0. The van der Waals surface area contributed by atoms with Crippen LogP contribution in [0.25, 0.3) is 11.3 Å². The number of ketones is 1. The van der Waals surface area contributed by atoms with Gasteiger partial charge in [-0.05, 0) is 44.2 Å². The maximum absolute atomic E-state index is 14.1. The van der Waals surface area contributed by atoms with Gasteiger partial charge in [-0.25, -0.2) is 9.18 Å². The van der Waals surface area contributed by atoms with Gasteiger partial charge in [0.2, 0.25) is 0 Å². The molecule has 0 saturated heterocycles. The van der Waals surface area contributed by atoms with Crippen molar-refractivity contribution in [3.8, 4) is 11.3 Å². The van der Waals surface area contributed by atoms with E-state index in [0.717, 1.165) is 5.56 Å². The summed E-state index contributed by atoms with van der Waals surface area (Å²) in [5.41, 5.74) is 0.985. The number of halogens is 1. The van der Waals surface area contributed by atoms with E-state index < -0.39 is 17.4 Å². The second-order valence-corrected chi connectivity index (χ2v) is 6.06. The molecule has 0 saturated carbocycles. The van der Waals surface area contributed by atoms with Crippen LogP contribution in [0.3, 0.4) is 0 Å². The van der Waals surface area contributed by atoms with Crippen molar-refractivity contribution >= 4 is 17.4 Å². The van der Waals surface area contributed by atoms with Crippen molar-refractivity contribution in [3.63, 3.8) is 0 Å². The van der Waals surface area contributed by atoms with Crippen molar-refractivity contribution in [2.45, 2.75) is 13.8 Å². The zero-order valence-electron chi connectivity index (χ0n) is 14.7. The number of H-pyrrole nitrogens is 1. The van der Waals surface area contributed by atoms with E-state index in [-0.39, 0.29) is 22.7 Å². The Kier molecular flexibility index (Phi) is 4.94. The molecule has 0 aliphatic carbocycles. The summed E-state index contributed by atoms with van der Waals surface area (Å²) in [4.78, 5) is 41.9. The fourth-order valence-corrected chi connectivity index (χ4v) is 2.57. The number of carbonyl (C=O) groups excluding carboxylic acids is 2. The SMILES string of the molecule is CC(=O)c1cccc(NC(=O)c2cc(-c3cc(C)ccc3F)nc(=O)[nH]2)c1. The first-order valence-electron chi connectivity index (χ1n) is 8.14. The molecule has 0 atom stereocenters. The summed E-state index contributed by atoms with van der Waals surface area (Å²) in [7, 11) is 0. The van der Waals surface area contributed by atoms with Gasteiger partial charge in [-0.3, -0.25) is 9.59 Å². The molecule has 0 fully saturated rings. The lowest BCUT2D eigenvalue weighted by atomic mass is 10.1. The fraction of sp³-hybridized carbons (Fsp3) is 0.100. The number of Topliss-reactive ketones (excluding diaryl/α,β-unsaturated/α-hetero) is 1. The molecule has 3 rings (SSSR count). The van der Waals surface area contributed by atoms with E-state index in [1.165, 1.54) is 25.1 Å². The highest BCUT2D eigenvalue weighted by Gasteiger charge is 2.14. The third-order valence-electron chi connectivity index (χ3n) is 3.91. The monoisotopic (exact) mass is 365 g/mol. The van der Waals surface area contributed by atoms with Crippen molar-refractivity contribution in [2.24, 2.45) is 0 Å². The molecule has 0 bridgehead atoms. The minimum absolute atomic E-state index is 0.0580. The molecule has 0 aliphatic heterocycles. The number of anilines is 1. The number of benzene rings is 2. The van der Waals surface area contributed by atoms with Crippen LogP contribution in [-0.4, -0.2) is 21.7 Å². The second kappa shape index (κ2) is 7.33. The molecule has 136 valence electrons. The molecule has 0 unspecified atom stereocenters. The predicted molar refractivity (Wildman–Crippen MR) is 99.4 cm³/mol. The van der Waals surface area contributed by atoms with E-state index in [0.29, 0.717) is 11.3 Å². The molecule has 27 heavy (non-hydrogen) atoms. The van der Waals surface area contributed by atoms with E-state index in [2.05, 4.69) is 15.3 Å². The van der Waals surface area contributed by atoms with Gasteiger partial charge in [0.25, 0.3) is 5.91 Å². The lowest BCUT2D eigenvalue weighted by Crippen LogP contribution is -2.21. The molecule has 1 amide bonds. The number of hydrogen-bond donors (Lipinski definition) is 2. The number of aromatic amines is 1. The Morgan fingerprint density at radius 1 is 1.11 bits per heavy atom. The number of carbonyl (C=O) groups is 2. The number of nitrogens with one attached hydrogen (secondary N) is 2. The number of amides is 1. The molecule has 2 aromatic carbocycles. The predicted octanol–water partition coefficient (Wildman–Crippen LogP) is 3.34. The van der Waals surface area contributed by atoms with Crippen LogP contribution in [0.15, 0.2) is 53.3 Å². The van der Waals surface area contributed by atoms with Gasteiger partial charge in [0.05, 0.1) is 5.69 Å². The molecule has 6 nitrogen and oxygen atoms in total. The van der Waals surface area contributed by atoms with Crippen LogP contribution in [0.5, 0.6) is 0 Å². The number of aryl methyl sites for hydroxylation is 1. The highest BCUT2D eigenvalue weighted by Crippen LogP contribution is 2.22. The Bertz CT molecular complexity index is 1110. The minimum atomic E-state index is -0.768. The Labute approximate surface area is 154 Å². The quantitative estimate of drug-likeness (QED) is 0.694. The van der Waals surface area contributed by atoms with Gasteiger partial charge in [0, 0.05) is 16.8 Å². The Hall–Kier alpha value is -3.61. The van der Waals surface area contributed by atoms with Crippen molar-refractivity contribution in [3.05, 3.63) is 81.7 Å². The standard InChI is InChI=1S/C20H16FN3O3/c1-11-6-7-16(21)15(8-11)17-10-18(24-20(27)23-17)19(26)22-14-5-3-4-13(9-14)12(2)25/h3-10H,1-2H3,(H,22,26)(H,23,24,27). The highest BCUT2D eigenvalue weighted by atomic mass is 19.1. The van der Waals surface area contributed by atoms with Gasteiger partial charge in [0.15, 0.2) is 5.78 Å². The average molecular weight is 365 g/mol. The van der Waals surface area contributed by atoms with Gasteiger partial charge in [-0.1, -0.05) is 23.8 Å². The van der Waals surface area contributed by atoms with Gasteiger partial charge >= 0.3 is 5.69 Å². The minimum Gasteiger partial charge on any atom is -0.321 e. The lowest BCUT2D eigenvalue weighted by molar-refractivity contribution is 0.100. The van der Waals surface area contributed by atoms with E-state index in [9.17, 15) is 18.8 Å². The van der Waals surface area contributed by atoms with Crippen molar-refractivity contribution in [1.82, 2.24) is 9.97 Å². The molecular weight excluding hydrogens is 349 g/mol. The molecule has 3 aromatic rings. The van der Waals surface area contributed by atoms with Crippen LogP contribution < -0.4 is 11.0 Å². The van der Waals surface area contributed by atoms with E-state index >= 15 is 0 Å². The number of nitrogens with zero attached hydrogens (tertiary/aromatic N) is 1. The number of rotatable bonds is 4. The summed E-state index contributed by atoms with van der Waals surface area (Å²) in [5.74, 6) is -1.29. The topological polar surface area (TPSA) is 91.9 Å². The van der Waals surface area contributed by atoms with Crippen molar-refractivity contribution < 1.29 is 14.0 Å². The molecule has 1 heterocycles. The summed E-state index contributed by atoms with van der Waals surface area (Å²) in [6.45, 7) is 3.20. The summed E-state index contributed by atoms with van der Waals surface area (Å²) in [6, 6.07) is 12.1. The van der Waals surface area contributed by atoms with Crippen molar-refractivity contribution in [1.29, 1.82) is 0 Å². The maximum atomic E-state index is 14.1. The molecule has 2 N–H and O–H groups in total. The molecule has 0 aliphatic rings. The largest absolute Gasteiger partial charge is 0.346 e. The summed E-state index contributed by atoms with van der Waals surface area (Å²) in [5, 5.41) is 2.60. The molecule has 7 heteroatoms. The third-order valence-corrected chi connectivity index (χ3v) is 3.91. The Balaban J connectivity index is 1.95. The van der Waals surface area contributed by atoms with Crippen LogP contribution in [0.1, 0.15) is 33.3 Å². The first-order chi connectivity index (χ1) is 12.8. The van der Waals surface area contributed by atoms with E-state index in [4.69, 9.17) is 0 Å². The number of aromatic nitrogens is 2. The summed E-state index contributed by atoms with van der Waals surface area (Å²) >= 11 is 0. The summed E-state index contributed by atoms with van der Waals surface area (Å²) < 4.78 is 14.1. The first-order valence-corrected chi connectivity index (χ1v) is 8.14. The van der Waals surface area contributed by atoms with Crippen LogP contribution in [0.2, 0.25) is 0 Å². The van der Waals surface area contributed by atoms with Gasteiger partial charge in [-0.2, -0.15) is 4.98 Å².